The summed E-state index contributed by atoms with van der Waals surface area (Å²) in [4.78, 5) is 12.6. The lowest BCUT2D eigenvalue weighted by Crippen LogP contribution is -2.29. The molecule has 4 aromatic carbocycles. The van der Waals surface area contributed by atoms with Crippen molar-refractivity contribution < 1.29 is 14.3 Å². The molecule has 4 aromatic rings. The standard InChI is InChI=1S/C33H36O3/c1-2-3-4-21-33(34)36-32-20-12-10-18-29(32)28-17-9-11-19-31(28)35-23-30-26-15-7-5-13-24(26)22-25-14-6-8-16-27(25)30/h5-9,11,13-17,19,22,29,32H,2-4,10,12,18,20-21,23H2,1H3/t29-,32+/m0/s1. The molecule has 3 heteroatoms. The Hall–Kier alpha value is -3.33. The molecule has 2 atom stereocenters. The molecule has 1 saturated carbocycles. The Morgan fingerprint density at radius 1 is 0.833 bits per heavy atom. The highest BCUT2D eigenvalue weighted by Crippen LogP contribution is 2.40. The van der Waals surface area contributed by atoms with Gasteiger partial charge in [-0.15, -0.1) is 0 Å². The van der Waals surface area contributed by atoms with Gasteiger partial charge in [0, 0.05) is 23.5 Å². The number of hydrogen-bond donors (Lipinski definition) is 0. The van der Waals surface area contributed by atoms with E-state index in [0.29, 0.717) is 13.0 Å². The van der Waals surface area contributed by atoms with Crippen LogP contribution in [0, 0.1) is 0 Å². The zero-order valence-corrected chi connectivity index (χ0v) is 21.2. The number of ether oxygens (including phenoxy) is 2. The van der Waals surface area contributed by atoms with Crippen molar-refractivity contribution in [1.29, 1.82) is 0 Å². The van der Waals surface area contributed by atoms with Crippen molar-refractivity contribution in [2.24, 2.45) is 0 Å². The van der Waals surface area contributed by atoms with Crippen LogP contribution < -0.4 is 4.74 Å². The van der Waals surface area contributed by atoms with Gasteiger partial charge in [0.2, 0.25) is 0 Å². The second-order valence-electron chi connectivity index (χ2n) is 10.0. The van der Waals surface area contributed by atoms with Gasteiger partial charge < -0.3 is 9.47 Å². The Labute approximate surface area is 214 Å². The van der Waals surface area contributed by atoms with Gasteiger partial charge in [0.1, 0.15) is 18.5 Å². The van der Waals surface area contributed by atoms with Crippen molar-refractivity contribution in [2.45, 2.75) is 76.9 Å². The number of carbonyl (C=O) groups excluding carboxylic acids is 1. The minimum absolute atomic E-state index is 0.0547. The normalized spacial score (nSPS) is 17.8. The summed E-state index contributed by atoms with van der Waals surface area (Å²) < 4.78 is 12.6. The smallest absolute Gasteiger partial charge is 0.306 e. The molecule has 36 heavy (non-hydrogen) atoms. The van der Waals surface area contributed by atoms with E-state index in [0.717, 1.165) is 56.3 Å². The number of para-hydroxylation sites is 1. The Bertz CT molecular complexity index is 1270. The van der Waals surface area contributed by atoms with Crippen LogP contribution in [0.15, 0.2) is 78.9 Å². The van der Waals surface area contributed by atoms with Crippen LogP contribution in [0.1, 0.15) is 75.3 Å². The Kier molecular flexibility index (Phi) is 7.85. The third kappa shape index (κ3) is 5.41. The molecule has 0 amide bonds. The molecule has 0 aromatic heterocycles. The highest BCUT2D eigenvalue weighted by Gasteiger charge is 2.31. The van der Waals surface area contributed by atoms with Gasteiger partial charge in [-0.2, -0.15) is 0 Å². The van der Waals surface area contributed by atoms with E-state index < -0.39 is 0 Å². The zero-order valence-electron chi connectivity index (χ0n) is 21.2. The number of hydrogen-bond acceptors (Lipinski definition) is 3. The van der Waals surface area contributed by atoms with E-state index in [1.54, 1.807) is 0 Å². The molecule has 186 valence electrons. The molecule has 1 aliphatic carbocycles. The van der Waals surface area contributed by atoms with Gasteiger partial charge in [0.25, 0.3) is 0 Å². The molecule has 0 N–H and O–H groups in total. The fourth-order valence-corrected chi connectivity index (χ4v) is 5.67. The fraction of sp³-hybridized carbons (Fsp3) is 0.364. The maximum atomic E-state index is 12.6. The minimum atomic E-state index is -0.0731. The summed E-state index contributed by atoms with van der Waals surface area (Å²) in [5, 5.41) is 4.91. The lowest BCUT2D eigenvalue weighted by atomic mass is 9.81. The molecule has 5 rings (SSSR count). The zero-order chi connectivity index (χ0) is 24.7. The highest BCUT2D eigenvalue weighted by atomic mass is 16.5. The van der Waals surface area contributed by atoms with Crippen molar-refractivity contribution >= 4 is 27.5 Å². The van der Waals surface area contributed by atoms with Gasteiger partial charge in [-0.05, 0) is 59.4 Å². The van der Waals surface area contributed by atoms with Gasteiger partial charge in [-0.25, -0.2) is 0 Å². The van der Waals surface area contributed by atoms with E-state index in [-0.39, 0.29) is 18.0 Å². The van der Waals surface area contributed by atoms with Crippen LogP contribution in [0.4, 0.5) is 0 Å². The molecule has 0 unspecified atom stereocenters. The largest absolute Gasteiger partial charge is 0.489 e. The van der Waals surface area contributed by atoms with Gasteiger partial charge in [0.05, 0.1) is 0 Å². The Morgan fingerprint density at radius 2 is 1.50 bits per heavy atom. The topological polar surface area (TPSA) is 35.5 Å². The van der Waals surface area contributed by atoms with Crippen LogP contribution in [-0.4, -0.2) is 12.1 Å². The molecule has 1 aliphatic rings. The maximum Gasteiger partial charge on any atom is 0.306 e. The molecule has 1 fully saturated rings. The summed E-state index contributed by atoms with van der Waals surface area (Å²) in [6, 6.07) is 27.6. The average Bonchev–Trinajstić information content (AvgIpc) is 2.92. The summed E-state index contributed by atoms with van der Waals surface area (Å²) in [6.45, 7) is 2.65. The number of benzene rings is 4. The summed E-state index contributed by atoms with van der Waals surface area (Å²) >= 11 is 0. The molecule has 0 spiro atoms. The van der Waals surface area contributed by atoms with Gasteiger partial charge in [-0.3, -0.25) is 4.79 Å². The fourth-order valence-electron chi connectivity index (χ4n) is 5.67. The van der Waals surface area contributed by atoms with E-state index in [4.69, 9.17) is 9.47 Å². The van der Waals surface area contributed by atoms with E-state index in [2.05, 4.69) is 79.7 Å². The average molecular weight is 481 g/mol. The van der Waals surface area contributed by atoms with Crippen LogP contribution in [-0.2, 0) is 16.1 Å². The van der Waals surface area contributed by atoms with Gasteiger partial charge in [-0.1, -0.05) is 92.9 Å². The van der Waals surface area contributed by atoms with Crippen molar-refractivity contribution in [3.63, 3.8) is 0 Å². The lowest BCUT2D eigenvalue weighted by Gasteiger charge is -2.32. The first-order valence-electron chi connectivity index (χ1n) is 13.5. The molecule has 0 saturated heterocycles. The van der Waals surface area contributed by atoms with Gasteiger partial charge in [0.15, 0.2) is 0 Å². The van der Waals surface area contributed by atoms with E-state index >= 15 is 0 Å². The number of esters is 1. The van der Waals surface area contributed by atoms with E-state index in [1.165, 1.54) is 27.1 Å². The van der Waals surface area contributed by atoms with Gasteiger partial charge >= 0.3 is 5.97 Å². The molecule has 0 radical (unpaired) electrons. The molecule has 0 heterocycles. The van der Waals surface area contributed by atoms with Crippen molar-refractivity contribution in [3.8, 4) is 5.75 Å². The molecular weight excluding hydrogens is 444 g/mol. The first kappa shape index (κ1) is 24.4. The van der Waals surface area contributed by atoms with Crippen molar-refractivity contribution in [1.82, 2.24) is 0 Å². The SMILES string of the molecule is CCCCCC(=O)O[C@@H]1CCCC[C@H]1c1ccccc1OCc1c2ccccc2cc2ccccc12. The monoisotopic (exact) mass is 480 g/mol. The van der Waals surface area contributed by atoms with Crippen LogP contribution in [0.2, 0.25) is 0 Å². The Balaban J connectivity index is 1.40. The third-order valence-corrected chi connectivity index (χ3v) is 7.54. The second kappa shape index (κ2) is 11.6. The minimum Gasteiger partial charge on any atom is -0.489 e. The lowest BCUT2D eigenvalue weighted by molar-refractivity contribution is -0.151. The first-order valence-corrected chi connectivity index (χ1v) is 13.5. The molecular formula is C33H36O3. The number of carbonyl (C=O) groups is 1. The number of unbranched alkanes of at least 4 members (excludes halogenated alkanes) is 2. The van der Waals surface area contributed by atoms with Crippen molar-refractivity contribution in [2.75, 3.05) is 0 Å². The summed E-state index contributed by atoms with van der Waals surface area (Å²) in [7, 11) is 0. The third-order valence-electron chi connectivity index (χ3n) is 7.54. The first-order chi connectivity index (χ1) is 17.7. The van der Waals surface area contributed by atoms with E-state index in [9.17, 15) is 4.79 Å². The maximum absolute atomic E-state index is 12.6. The predicted molar refractivity (Wildman–Crippen MR) is 147 cm³/mol. The quantitative estimate of drug-likeness (QED) is 0.136. The summed E-state index contributed by atoms with van der Waals surface area (Å²) in [6.07, 6.45) is 7.73. The van der Waals surface area contributed by atoms with Crippen LogP contribution in [0.25, 0.3) is 21.5 Å². The van der Waals surface area contributed by atoms with Crippen LogP contribution in [0.3, 0.4) is 0 Å². The number of fused-ring (bicyclic) bond motifs is 2. The van der Waals surface area contributed by atoms with Crippen molar-refractivity contribution in [3.05, 3.63) is 90.0 Å². The highest BCUT2D eigenvalue weighted by molar-refractivity contribution is 6.02. The number of rotatable bonds is 9. The second-order valence-corrected chi connectivity index (χ2v) is 10.0. The predicted octanol–water partition coefficient (Wildman–Crippen LogP) is 8.72. The molecule has 3 nitrogen and oxygen atoms in total. The van der Waals surface area contributed by atoms with E-state index in [1.807, 2.05) is 6.07 Å². The summed E-state index contributed by atoms with van der Waals surface area (Å²) in [5.41, 5.74) is 2.37. The van der Waals surface area contributed by atoms with Crippen LogP contribution >= 0.6 is 0 Å². The van der Waals surface area contributed by atoms with Crippen LogP contribution in [0.5, 0.6) is 5.75 Å². The summed E-state index contributed by atoms with van der Waals surface area (Å²) in [5.74, 6) is 1.02. The molecule has 0 aliphatic heterocycles. The Morgan fingerprint density at radius 3 is 2.25 bits per heavy atom. The molecule has 0 bridgehead atoms.